The van der Waals surface area contributed by atoms with Crippen molar-refractivity contribution in [1.29, 1.82) is 0 Å². The molecule has 0 aromatic heterocycles. The molecule has 2 N–H and O–H groups in total. The summed E-state index contributed by atoms with van der Waals surface area (Å²) in [5.74, 6) is 0.685. The van der Waals surface area contributed by atoms with E-state index in [4.69, 9.17) is 15.2 Å². The maximum Gasteiger partial charge on any atom is 0.188 e. The molecule has 72 valence electrons. The van der Waals surface area contributed by atoms with Crippen molar-refractivity contribution in [2.45, 2.75) is 6.92 Å². The quantitative estimate of drug-likeness (QED) is 0.657. The summed E-state index contributed by atoms with van der Waals surface area (Å²) < 4.78 is 11.1. The third-order valence-electron chi connectivity index (χ3n) is 1.59. The number of rotatable bonds is 3. The van der Waals surface area contributed by atoms with Crippen LogP contribution in [-0.2, 0) is 4.74 Å². The van der Waals surface area contributed by atoms with Gasteiger partial charge >= 0.3 is 0 Å². The van der Waals surface area contributed by atoms with E-state index >= 15 is 0 Å². The number of benzene rings is 1. The molecule has 0 saturated carbocycles. The largest absolute Gasteiger partial charge is 0.465 e. The summed E-state index contributed by atoms with van der Waals surface area (Å²) in [5.41, 5.74) is 7.36. The second-order valence-electron chi connectivity index (χ2n) is 2.69. The second kappa shape index (κ2) is 4.48. The third kappa shape index (κ3) is 2.60. The van der Waals surface area contributed by atoms with Gasteiger partial charge in [-0.3, -0.25) is 0 Å². The van der Waals surface area contributed by atoms with Gasteiger partial charge in [-0.2, -0.15) is 0 Å². The molecule has 0 unspecified atom stereocenters. The minimum Gasteiger partial charge on any atom is -0.465 e. The Hall–Kier alpha value is -0.740. The molecule has 0 radical (unpaired) electrons. The third-order valence-corrected chi connectivity index (χ3v) is 2.05. The lowest BCUT2D eigenvalue weighted by atomic mass is 10.2. The summed E-state index contributed by atoms with van der Waals surface area (Å²) in [6.45, 7) is 2.15. The zero-order valence-electron chi connectivity index (χ0n) is 7.63. The number of methoxy groups -OCH3 is 1. The first-order chi connectivity index (χ1) is 6.15. The molecule has 0 amide bonds. The van der Waals surface area contributed by atoms with Crippen LogP contribution in [0.3, 0.4) is 0 Å². The van der Waals surface area contributed by atoms with Gasteiger partial charge in [-0.1, -0.05) is 15.9 Å². The molecule has 0 saturated heterocycles. The lowest BCUT2D eigenvalue weighted by Crippen LogP contribution is -2.03. The number of halogens is 1. The lowest BCUT2D eigenvalue weighted by molar-refractivity contribution is 0.0512. The average Bonchev–Trinajstić information content (AvgIpc) is 2.02. The summed E-state index contributed by atoms with van der Waals surface area (Å²) in [7, 11) is 1.57. The lowest BCUT2D eigenvalue weighted by Gasteiger charge is -2.10. The smallest absolute Gasteiger partial charge is 0.188 e. The van der Waals surface area contributed by atoms with Gasteiger partial charge in [0, 0.05) is 11.6 Å². The van der Waals surface area contributed by atoms with E-state index in [1.807, 2.05) is 13.0 Å². The van der Waals surface area contributed by atoms with Crippen LogP contribution in [-0.4, -0.2) is 13.9 Å². The molecule has 0 heterocycles. The summed E-state index contributed by atoms with van der Waals surface area (Å²) in [4.78, 5) is 0. The van der Waals surface area contributed by atoms with Gasteiger partial charge in [-0.25, -0.2) is 0 Å². The van der Waals surface area contributed by atoms with Crippen molar-refractivity contribution in [1.82, 2.24) is 0 Å². The molecule has 0 atom stereocenters. The van der Waals surface area contributed by atoms with E-state index in [2.05, 4.69) is 15.9 Å². The molecule has 0 aliphatic carbocycles. The highest BCUT2D eigenvalue weighted by atomic mass is 79.9. The number of nitrogens with two attached hydrogens (primary N) is 1. The Morgan fingerprint density at radius 2 is 2.15 bits per heavy atom. The number of nitrogen functional groups attached to an aromatic ring is 1. The molecule has 13 heavy (non-hydrogen) atoms. The van der Waals surface area contributed by atoms with Gasteiger partial charge < -0.3 is 15.2 Å². The molecule has 1 rings (SSSR count). The van der Waals surface area contributed by atoms with Crippen LogP contribution in [0.15, 0.2) is 16.6 Å². The fourth-order valence-electron chi connectivity index (χ4n) is 1.07. The first-order valence-corrected chi connectivity index (χ1v) is 4.62. The summed E-state index contributed by atoms with van der Waals surface area (Å²) in [5, 5.41) is 0. The van der Waals surface area contributed by atoms with Crippen LogP contribution in [0.1, 0.15) is 5.56 Å². The molecule has 1 aromatic rings. The van der Waals surface area contributed by atoms with Gasteiger partial charge in [-0.05, 0) is 24.6 Å². The van der Waals surface area contributed by atoms with Crippen LogP contribution in [0.2, 0.25) is 0 Å². The Kier molecular flexibility index (Phi) is 3.57. The summed E-state index contributed by atoms with van der Waals surface area (Å²) in [6, 6.07) is 3.75. The Bertz CT molecular complexity index is 279. The van der Waals surface area contributed by atoms with Crippen molar-refractivity contribution < 1.29 is 9.47 Å². The Morgan fingerprint density at radius 3 is 2.69 bits per heavy atom. The highest BCUT2D eigenvalue weighted by Crippen LogP contribution is 2.29. The fourth-order valence-corrected chi connectivity index (χ4v) is 1.66. The van der Waals surface area contributed by atoms with Crippen LogP contribution in [0.25, 0.3) is 0 Å². The molecule has 0 spiro atoms. The SMILES string of the molecule is COCOc1c(C)cc(Br)cc1N. The van der Waals surface area contributed by atoms with Gasteiger partial charge in [0.15, 0.2) is 6.79 Å². The minimum absolute atomic E-state index is 0.215. The van der Waals surface area contributed by atoms with E-state index in [0.717, 1.165) is 10.0 Å². The standard InChI is InChI=1S/C9H12BrNO2/c1-6-3-7(10)4-8(11)9(6)13-5-12-2/h3-4H,5,11H2,1-2H3. The highest BCUT2D eigenvalue weighted by Gasteiger charge is 2.05. The van der Waals surface area contributed by atoms with E-state index in [-0.39, 0.29) is 6.79 Å². The van der Waals surface area contributed by atoms with E-state index in [0.29, 0.717) is 11.4 Å². The van der Waals surface area contributed by atoms with Crippen molar-refractivity contribution in [3.05, 3.63) is 22.2 Å². The van der Waals surface area contributed by atoms with Gasteiger partial charge in [0.05, 0.1) is 5.69 Å². The second-order valence-corrected chi connectivity index (χ2v) is 3.61. The van der Waals surface area contributed by atoms with Crippen molar-refractivity contribution in [2.24, 2.45) is 0 Å². The first kappa shape index (κ1) is 10.3. The molecule has 0 bridgehead atoms. The number of hydrogen-bond donors (Lipinski definition) is 1. The van der Waals surface area contributed by atoms with Gasteiger partial charge in [-0.15, -0.1) is 0 Å². The Balaban J connectivity index is 2.92. The van der Waals surface area contributed by atoms with Gasteiger partial charge in [0.2, 0.25) is 0 Å². The van der Waals surface area contributed by atoms with E-state index in [1.165, 1.54) is 0 Å². The predicted octanol–water partition coefficient (Wildman–Crippen LogP) is 2.32. The molecule has 4 heteroatoms. The number of ether oxygens (including phenoxy) is 2. The maximum atomic E-state index is 5.75. The van der Waals surface area contributed by atoms with E-state index in [1.54, 1.807) is 13.2 Å². The number of hydrogen-bond acceptors (Lipinski definition) is 3. The molecule has 0 aliphatic rings. The van der Waals surface area contributed by atoms with Crippen LogP contribution in [0.5, 0.6) is 5.75 Å². The molecular weight excluding hydrogens is 234 g/mol. The first-order valence-electron chi connectivity index (χ1n) is 3.82. The highest BCUT2D eigenvalue weighted by molar-refractivity contribution is 9.10. The molecule has 1 aromatic carbocycles. The van der Waals surface area contributed by atoms with Crippen LogP contribution >= 0.6 is 15.9 Å². The number of aryl methyl sites for hydroxylation is 1. The zero-order valence-corrected chi connectivity index (χ0v) is 9.22. The zero-order chi connectivity index (χ0) is 9.84. The molecule has 3 nitrogen and oxygen atoms in total. The van der Waals surface area contributed by atoms with Gasteiger partial charge in [0.1, 0.15) is 5.75 Å². The summed E-state index contributed by atoms with van der Waals surface area (Å²) >= 11 is 3.35. The monoisotopic (exact) mass is 245 g/mol. The van der Waals surface area contributed by atoms with E-state index in [9.17, 15) is 0 Å². The Morgan fingerprint density at radius 1 is 1.46 bits per heavy atom. The molecular formula is C9H12BrNO2. The summed E-state index contributed by atoms with van der Waals surface area (Å²) in [6.07, 6.45) is 0. The Labute approximate surface area is 86.0 Å². The fraction of sp³-hybridized carbons (Fsp3) is 0.333. The topological polar surface area (TPSA) is 44.5 Å². The van der Waals surface area contributed by atoms with Crippen LogP contribution < -0.4 is 10.5 Å². The molecule has 0 aliphatic heterocycles. The normalized spacial score (nSPS) is 10.1. The predicted molar refractivity (Wildman–Crippen MR) is 55.8 cm³/mol. The van der Waals surface area contributed by atoms with E-state index < -0.39 is 0 Å². The average molecular weight is 246 g/mol. The van der Waals surface area contributed by atoms with Crippen molar-refractivity contribution in [2.75, 3.05) is 19.6 Å². The minimum atomic E-state index is 0.215. The van der Waals surface area contributed by atoms with Crippen LogP contribution in [0, 0.1) is 6.92 Å². The van der Waals surface area contributed by atoms with Gasteiger partial charge in [0.25, 0.3) is 0 Å². The van der Waals surface area contributed by atoms with Crippen molar-refractivity contribution in [3.63, 3.8) is 0 Å². The van der Waals surface area contributed by atoms with Crippen molar-refractivity contribution >= 4 is 21.6 Å². The maximum absolute atomic E-state index is 5.75. The van der Waals surface area contributed by atoms with Crippen molar-refractivity contribution in [3.8, 4) is 5.75 Å². The van der Waals surface area contributed by atoms with Crippen LogP contribution in [0.4, 0.5) is 5.69 Å². The molecule has 0 fully saturated rings. The number of anilines is 1.